The minimum atomic E-state index is -3.66. The normalized spacial score (nSPS) is 11.2. The zero-order chi connectivity index (χ0) is 19.2. The molecule has 0 radical (unpaired) electrons. The molecule has 142 valence electrons. The number of aromatic nitrogens is 2. The van der Waals surface area contributed by atoms with Crippen molar-refractivity contribution < 1.29 is 17.9 Å². The van der Waals surface area contributed by atoms with Crippen molar-refractivity contribution in [2.24, 2.45) is 0 Å². The van der Waals surface area contributed by atoms with Crippen LogP contribution in [0.5, 0.6) is 5.75 Å². The van der Waals surface area contributed by atoms with Crippen LogP contribution in [-0.2, 0) is 14.8 Å². The van der Waals surface area contributed by atoms with Crippen LogP contribution in [0.4, 0.5) is 10.8 Å². The Morgan fingerprint density at radius 2 is 2.15 bits per heavy atom. The van der Waals surface area contributed by atoms with Crippen molar-refractivity contribution in [2.45, 2.75) is 17.7 Å². The summed E-state index contributed by atoms with van der Waals surface area (Å²) in [5.74, 6) is 0.917. The molecule has 0 aliphatic rings. The van der Waals surface area contributed by atoms with Gasteiger partial charge in [0, 0.05) is 11.8 Å². The molecule has 2 aromatic rings. The lowest BCUT2D eigenvalue weighted by molar-refractivity contribution is -0.114. The van der Waals surface area contributed by atoms with Gasteiger partial charge in [0.25, 0.3) is 0 Å². The Morgan fingerprint density at radius 1 is 1.38 bits per heavy atom. The lowest BCUT2D eigenvalue weighted by Gasteiger charge is -2.21. The Balaban J connectivity index is 2.10. The summed E-state index contributed by atoms with van der Waals surface area (Å²) in [6, 6.07) is 6.51. The third kappa shape index (κ3) is 5.85. The molecule has 26 heavy (non-hydrogen) atoms. The highest BCUT2D eigenvalue weighted by Gasteiger charge is 2.22. The Labute approximate surface area is 161 Å². The number of hydrogen-bond acceptors (Lipinski definition) is 8. The molecule has 0 aliphatic carbocycles. The van der Waals surface area contributed by atoms with E-state index in [0.29, 0.717) is 16.6 Å². The molecule has 2 rings (SSSR count). The fourth-order valence-electron chi connectivity index (χ4n) is 1.96. The third-order valence-corrected chi connectivity index (χ3v) is 6.43. The van der Waals surface area contributed by atoms with Crippen LogP contribution in [-0.4, -0.2) is 50.2 Å². The molecule has 1 aromatic carbocycles. The lowest BCUT2D eigenvalue weighted by Crippen LogP contribution is -2.37. The number of amides is 1. The SMILES string of the molecule is CCCSc1nnc(NC(=O)CN(c2cccc(OC)c2)S(C)(=O)=O)s1. The van der Waals surface area contributed by atoms with Crippen molar-refractivity contribution >= 4 is 49.8 Å². The van der Waals surface area contributed by atoms with Crippen molar-refractivity contribution in [1.29, 1.82) is 0 Å². The Kier molecular flexibility index (Phi) is 7.23. The maximum atomic E-state index is 12.3. The first-order valence-electron chi connectivity index (χ1n) is 7.71. The average Bonchev–Trinajstić information content (AvgIpc) is 3.04. The molecule has 1 heterocycles. The minimum Gasteiger partial charge on any atom is -0.497 e. The molecule has 11 heteroatoms. The van der Waals surface area contributed by atoms with Crippen LogP contribution in [0.1, 0.15) is 13.3 Å². The molecule has 0 unspecified atom stereocenters. The highest BCUT2D eigenvalue weighted by molar-refractivity contribution is 8.01. The predicted octanol–water partition coefficient (Wildman–Crippen LogP) is 2.45. The number of ether oxygens (including phenoxy) is 1. The molecule has 0 saturated heterocycles. The maximum absolute atomic E-state index is 12.3. The molecule has 0 atom stereocenters. The second-order valence-corrected chi connectivity index (χ2v) is 9.47. The van der Waals surface area contributed by atoms with E-state index in [9.17, 15) is 13.2 Å². The molecule has 1 aromatic heterocycles. The molecule has 1 amide bonds. The number of carbonyl (C=O) groups is 1. The summed E-state index contributed by atoms with van der Waals surface area (Å²) in [5, 5.41) is 10.8. The van der Waals surface area contributed by atoms with E-state index in [1.165, 1.54) is 18.4 Å². The number of methoxy groups -OCH3 is 1. The number of sulfonamides is 1. The zero-order valence-corrected chi connectivity index (χ0v) is 17.1. The van der Waals surface area contributed by atoms with Crippen LogP contribution in [0.15, 0.2) is 28.6 Å². The van der Waals surface area contributed by atoms with Gasteiger partial charge in [0.2, 0.25) is 21.1 Å². The second kappa shape index (κ2) is 9.19. The summed E-state index contributed by atoms with van der Waals surface area (Å²) in [6.07, 6.45) is 2.06. The Bertz CT molecular complexity index is 854. The van der Waals surface area contributed by atoms with Gasteiger partial charge in [0.1, 0.15) is 12.3 Å². The van der Waals surface area contributed by atoms with Gasteiger partial charge in [0.15, 0.2) is 4.34 Å². The van der Waals surface area contributed by atoms with Gasteiger partial charge in [-0.2, -0.15) is 0 Å². The van der Waals surface area contributed by atoms with Crippen molar-refractivity contribution in [2.75, 3.05) is 35.3 Å². The van der Waals surface area contributed by atoms with Crippen LogP contribution in [0.2, 0.25) is 0 Å². The van der Waals surface area contributed by atoms with Crippen molar-refractivity contribution in [1.82, 2.24) is 10.2 Å². The van der Waals surface area contributed by atoms with Crippen molar-refractivity contribution in [3.05, 3.63) is 24.3 Å². The van der Waals surface area contributed by atoms with Gasteiger partial charge in [-0.05, 0) is 18.6 Å². The van der Waals surface area contributed by atoms with E-state index < -0.39 is 15.9 Å². The first-order valence-corrected chi connectivity index (χ1v) is 11.4. The number of benzene rings is 1. The quantitative estimate of drug-likeness (QED) is 0.495. The molecule has 0 spiro atoms. The number of hydrogen-bond donors (Lipinski definition) is 1. The van der Waals surface area contributed by atoms with Gasteiger partial charge >= 0.3 is 0 Å². The molecule has 0 bridgehead atoms. The second-order valence-electron chi connectivity index (χ2n) is 5.24. The van der Waals surface area contributed by atoms with E-state index in [1.807, 2.05) is 0 Å². The van der Waals surface area contributed by atoms with Crippen LogP contribution < -0.4 is 14.4 Å². The molecule has 0 fully saturated rings. The first kappa shape index (κ1) is 20.5. The highest BCUT2D eigenvalue weighted by atomic mass is 32.2. The molecule has 8 nitrogen and oxygen atoms in total. The average molecular weight is 417 g/mol. The summed E-state index contributed by atoms with van der Waals surface area (Å²) in [7, 11) is -2.17. The van der Waals surface area contributed by atoms with Gasteiger partial charge in [-0.3, -0.25) is 14.4 Å². The lowest BCUT2D eigenvalue weighted by atomic mass is 10.3. The number of rotatable bonds is 9. The largest absolute Gasteiger partial charge is 0.497 e. The smallest absolute Gasteiger partial charge is 0.246 e. The summed E-state index contributed by atoms with van der Waals surface area (Å²) >= 11 is 2.82. The number of thioether (sulfide) groups is 1. The van der Waals surface area contributed by atoms with Crippen LogP contribution in [0.25, 0.3) is 0 Å². The van der Waals surface area contributed by atoms with Gasteiger partial charge < -0.3 is 4.74 Å². The van der Waals surface area contributed by atoms with E-state index in [0.717, 1.165) is 27.1 Å². The number of anilines is 2. The zero-order valence-electron chi connectivity index (χ0n) is 14.6. The van der Waals surface area contributed by atoms with E-state index in [2.05, 4.69) is 22.4 Å². The summed E-state index contributed by atoms with van der Waals surface area (Å²) in [5.41, 5.74) is 0.346. The van der Waals surface area contributed by atoms with E-state index >= 15 is 0 Å². The van der Waals surface area contributed by atoms with Crippen LogP contribution in [0, 0.1) is 0 Å². The number of carbonyl (C=O) groups excluding carboxylic acids is 1. The molecule has 0 aliphatic heterocycles. The van der Waals surface area contributed by atoms with Gasteiger partial charge in [-0.15, -0.1) is 10.2 Å². The Hall–Kier alpha value is -1.85. The fourth-order valence-corrected chi connectivity index (χ4v) is 4.50. The number of nitrogens with zero attached hydrogens (tertiary/aromatic N) is 3. The van der Waals surface area contributed by atoms with E-state index in [-0.39, 0.29) is 6.54 Å². The minimum absolute atomic E-state index is 0.340. The van der Waals surface area contributed by atoms with Gasteiger partial charge in [0.05, 0.1) is 19.1 Å². The fraction of sp³-hybridized carbons (Fsp3) is 0.400. The monoisotopic (exact) mass is 416 g/mol. The highest BCUT2D eigenvalue weighted by Crippen LogP contribution is 2.26. The van der Waals surface area contributed by atoms with E-state index in [1.54, 1.807) is 36.0 Å². The van der Waals surface area contributed by atoms with Crippen LogP contribution >= 0.6 is 23.1 Å². The Morgan fingerprint density at radius 3 is 2.81 bits per heavy atom. The first-order chi connectivity index (χ1) is 12.3. The number of nitrogens with one attached hydrogen (secondary N) is 1. The van der Waals surface area contributed by atoms with Crippen molar-refractivity contribution in [3.8, 4) is 5.75 Å². The molecule has 1 N–H and O–H groups in total. The predicted molar refractivity (Wildman–Crippen MR) is 105 cm³/mol. The maximum Gasteiger partial charge on any atom is 0.246 e. The third-order valence-electron chi connectivity index (χ3n) is 3.11. The van der Waals surface area contributed by atoms with Gasteiger partial charge in [-0.1, -0.05) is 36.1 Å². The summed E-state index contributed by atoms with van der Waals surface area (Å²) in [6.45, 7) is 1.69. The molecular formula is C15H20N4O4S3. The van der Waals surface area contributed by atoms with Crippen molar-refractivity contribution in [3.63, 3.8) is 0 Å². The van der Waals surface area contributed by atoms with E-state index in [4.69, 9.17) is 4.74 Å². The standard InChI is InChI=1S/C15H20N4O4S3/c1-4-8-24-15-18-17-14(25-15)16-13(20)10-19(26(3,21)22)11-6-5-7-12(9-11)23-2/h5-7,9H,4,8,10H2,1-3H3,(H,16,17,20). The molecule has 0 saturated carbocycles. The van der Waals surface area contributed by atoms with Gasteiger partial charge in [-0.25, -0.2) is 8.42 Å². The van der Waals surface area contributed by atoms with Crippen LogP contribution in [0.3, 0.4) is 0 Å². The topological polar surface area (TPSA) is 101 Å². The summed E-state index contributed by atoms with van der Waals surface area (Å²) in [4.78, 5) is 12.3. The summed E-state index contributed by atoms with van der Waals surface area (Å²) < 4.78 is 31.1. The molecular weight excluding hydrogens is 396 g/mol.